The van der Waals surface area contributed by atoms with Crippen LogP contribution in [-0.4, -0.2) is 57.5 Å². The zero-order chi connectivity index (χ0) is 25.2. The summed E-state index contributed by atoms with van der Waals surface area (Å²) in [7, 11) is 0. The molecule has 5 rings (SSSR count). The molecule has 8 nitrogen and oxygen atoms in total. The quantitative estimate of drug-likeness (QED) is 0.531. The van der Waals surface area contributed by atoms with Crippen molar-refractivity contribution in [1.82, 2.24) is 20.1 Å². The fourth-order valence-electron chi connectivity index (χ4n) is 5.16. The van der Waals surface area contributed by atoms with E-state index in [-0.39, 0.29) is 30.1 Å². The second-order valence-electron chi connectivity index (χ2n) is 9.70. The molecule has 2 fully saturated rings. The molecule has 1 aromatic heterocycles. The minimum atomic E-state index is -0.638. The molecule has 0 bridgehead atoms. The van der Waals surface area contributed by atoms with Gasteiger partial charge in [-0.3, -0.25) is 29.5 Å². The number of carbonyl (C=O) groups is 4. The monoisotopic (exact) mass is 484 g/mol. The first-order valence-corrected chi connectivity index (χ1v) is 12.4. The summed E-state index contributed by atoms with van der Waals surface area (Å²) in [5.74, 6) is 6.00. The Bertz CT molecular complexity index is 1300. The summed E-state index contributed by atoms with van der Waals surface area (Å²) >= 11 is 0. The molecule has 36 heavy (non-hydrogen) atoms. The molecule has 4 heterocycles. The average molecular weight is 485 g/mol. The van der Waals surface area contributed by atoms with Crippen LogP contribution >= 0.6 is 0 Å². The van der Waals surface area contributed by atoms with Gasteiger partial charge in [-0.1, -0.05) is 24.0 Å². The topological polar surface area (TPSA) is 99.7 Å². The van der Waals surface area contributed by atoms with Crippen LogP contribution in [0.4, 0.5) is 0 Å². The Morgan fingerprint density at radius 3 is 2.69 bits per heavy atom. The van der Waals surface area contributed by atoms with Gasteiger partial charge in [-0.05, 0) is 55.0 Å². The molecule has 1 N–H and O–H groups in total. The normalized spacial score (nSPS) is 20.0. The fraction of sp³-hybridized carbons (Fsp3) is 0.393. The summed E-state index contributed by atoms with van der Waals surface area (Å²) in [4.78, 5) is 57.1. The third-order valence-electron chi connectivity index (χ3n) is 7.13. The molecule has 3 aliphatic rings. The Hall–Kier alpha value is -3.99. The van der Waals surface area contributed by atoms with Gasteiger partial charge in [0.25, 0.3) is 5.91 Å². The molecule has 8 heteroatoms. The molecule has 0 saturated carbocycles. The van der Waals surface area contributed by atoms with Crippen molar-refractivity contribution in [3.8, 4) is 11.8 Å². The molecule has 184 valence electrons. The number of imide groups is 1. The molecule has 0 aliphatic carbocycles. The van der Waals surface area contributed by atoms with E-state index in [1.807, 2.05) is 30.0 Å². The number of likely N-dealkylation sites (tertiary alicyclic amines) is 1. The van der Waals surface area contributed by atoms with E-state index in [0.717, 1.165) is 35.1 Å². The first kappa shape index (κ1) is 23.7. The number of benzene rings is 1. The van der Waals surface area contributed by atoms with E-state index in [1.54, 1.807) is 23.4 Å². The van der Waals surface area contributed by atoms with Gasteiger partial charge in [0.2, 0.25) is 17.7 Å². The summed E-state index contributed by atoms with van der Waals surface area (Å²) < 4.78 is 0. The molecule has 0 radical (unpaired) electrons. The number of amides is 4. The first-order chi connectivity index (χ1) is 17.4. The number of rotatable bonds is 3. The van der Waals surface area contributed by atoms with Crippen molar-refractivity contribution >= 4 is 23.6 Å². The summed E-state index contributed by atoms with van der Waals surface area (Å²) in [6.45, 7) is 3.62. The number of aryl methyl sites for hydroxylation is 1. The Morgan fingerprint density at radius 1 is 1.14 bits per heavy atom. The number of fused-ring (bicyclic) bond motifs is 1. The van der Waals surface area contributed by atoms with E-state index in [4.69, 9.17) is 0 Å². The molecular weight excluding hydrogens is 456 g/mol. The van der Waals surface area contributed by atoms with E-state index >= 15 is 0 Å². The smallest absolute Gasteiger partial charge is 0.255 e. The minimum absolute atomic E-state index is 0.113. The number of nitrogens with zero attached hydrogens (tertiary/aromatic N) is 3. The van der Waals surface area contributed by atoms with Gasteiger partial charge < -0.3 is 9.80 Å². The molecule has 2 aromatic rings. The van der Waals surface area contributed by atoms with E-state index < -0.39 is 11.9 Å². The molecule has 1 atom stereocenters. The van der Waals surface area contributed by atoms with Gasteiger partial charge in [-0.2, -0.15) is 0 Å². The standard InChI is InChI=1S/C28H28N4O4/c1-18-13-20(16-29-15-18)14-26(34)31-11-9-19(10-12-31)5-6-21-3-2-4-22-23(21)17-32(28(22)36)24-7-8-25(33)30-27(24)35/h2-4,13,15-16,19,24H,7-12,14,17H2,1H3,(H,30,33,35). The Kier molecular flexibility index (Phi) is 6.55. The van der Waals surface area contributed by atoms with Crippen LogP contribution < -0.4 is 5.32 Å². The average Bonchev–Trinajstić information content (AvgIpc) is 3.20. The zero-order valence-electron chi connectivity index (χ0n) is 20.3. The van der Waals surface area contributed by atoms with E-state index in [2.05, 4.69) is 22.1 Å². The number of aromatic nitrogens is 1. The molecule has 2 saturated heterocycles. The fourth-order valence-corrected chi connectivity index (χ4v) is 5.16. The van der Waals surface area contributed by atoms with Gasteiger partial charge in [-0.15, -0.1) is 0 Å². The Morgan fingerprint density at radius 2 is 1.94 bits per heavy atom. The van der Waals surface area contributed by atoms with E-state index in [9.17, 15) is 19.2 Å². The highest BCUT2D eigenvalue weighted by atomic mass is 16.2. The van der Waals surface area contributed by atoms with Gasteiger partial charge in [0.05, 0.1) is 6.42 Å². The van der Waals surface area contributed by atoms with Crippen LogP contribution in [0.1, 0.15) is 58.3 Å². The van der Waals surface area contributed by atoms with Crippen molar-refractivity contribution in [3.63, 3.8) is 0 Å². The predicted octanol–water partition coefficient (Wildman–Crippen LogP) is 1.98. The lowest BCUT2D eigenvalue weighted by Crippen LogP contribution is -2.52. The molecule has 3 aliphatic heterocycles. The van der Waals surface area contributed by atoms with Gasteiger partial charge in [-0.25, -0.2) is 0 Å². The number of piperidine rings is 2. The first-order valence-electron chi connectivity index (χ1n) is 12.4. The summed E-state index contributed by atoms with van der Waals surface area (Å²) in [6.07, 6.45) is 6.06. The van der Waals surface area contributed by atoms with Crippen LogP contribution in [0.25, 0.3) is 0 Å². The number of hydrogen-bond acceptors (Lipinski definition) is 5. The van der Waals surface area contributed by atoms with Gasteiger partial charge in [0, 0.05) is 55.5 Å². The summed E-state index contributed by atoms with van der Waals surface area (Å²) in [5.41, 5.74) is 4.17. The zero-order valence-corrected chi connectivity index (χ0v) is 20.3. The maximum atomic E-state index is 13.0. The van der Waals surface area contributed by atoms with Crippen molar-refractivity contribution in [2.24, 2.45) is 5.92 Å². The molecule has 1 unspecified atom stereocenters. The highest BCUT2D eigenvalue weighted by Gasteiger charge is 2.39. The van der Waals surface area contributed by atoms with Crippen LogP contribution in [0.2, 0.25) is 0 Å². The van der Waals surface area contributed by atoms with E-state index in [1.165, 1.54) is 0 Å². The van der Waals surface area contributed by atoms with Gasteiger partial charge >= 0.3 is 0 Å². The van der Waals surface area contributed by atoms with Crippen molar-refractivity contribution in [1.29, 1.82) is 0 Å². The minimum Gasteiger partial charge on any atom is -0.342 e. The highest BCUT2D eigenvalue weighted by Crippen LogP contribution is 2.29. The molecular formula is C28H28N4O4. The third kappa shape index (κ3) is 4.87. The summed E-state index contributed by atoms with van der Waals surface area (Å²) in [5, 5.41) is 2.33. The lowest BCUT2D eigenvalue weighted by molar-refractivity contribution is -0.137. The van der Waals surface area contributed by atoms with Crippen molar-refractivity contribution in [3.05, 3.63) is 64.5 Å². The highest BCUT2D eigenvalue weighted by molar-refractivity contribution is 6.05. The van der Waals surface area contributed by atoms with Crippen molar-refractivity contribution < 1.29 is 19.2 Å². The maximum Gasteiger partial charge on any atom is 0.255 e. The van der Waals surface area contributed by atoms with Crippen molar-refractivity contribution in [2.45, 2.75) is 51.6 Å². The maximum absolute atomic E-state index is 13.0. The Balaban J connectivity index is 1.21. The second kappa shape index (κ2) is 9.94. The van der Waals surface area contributed by atoms with Crippen LogP contribution in [0.3, 0.4) is 0 Å². The second-order valence-corrected chi connectivity index (χ2v) is 9.70. The largest absolute Gasteiger partial charge is 0.342 e. The van der Waals surface area contributed by atoms with Gasteiger partial charge in [0.1, 0.15) is 6.04 Å². The Labute approximate surface area is 210 Å². The van der Waals surface area contributed by atoms with Crippen LogP contribution in [0.15, 0.2) is 36.7 Å². The number of hydrogen-bond donors (Lipinski definition) is 1. The number of carbonyl (C=O) groups excluding carboxylic acids is 4. The number of nitrogens with one attached hydrogen (secondary N) is 1. The van der Waals surface area contributed by atoms with Crippen LogP contribution in [0, 0.1) is 24.7 Å². The molecule has 0 spiro atoms. The number of pyridine rings is 1. The van der Waals surface area contributed by atoms with Gasteiger partial charge in [0.15, 0.2) is 0 Å². The molecule has 4 amide bonds. The van der Waals surface area contributed by atoms with Crippen molar-refractivity contribution in [2.75, 3.05) is 13.1 Å². The van der Waals surface area contributed by atoms with Crippen LogP contribution in [-0.2, 0) is 27.3 Å². The lowest BCUT2D eigenvalue weighted by atomic mass is 9.95. The third-order valence-corrected chi connectivity index (χ3v) is 7.13. The lowest BCUT2D eigenvalue weighted by Gasteiger charge is -2.30. The van der Waals surface area contributed by atoms with Crippen LogP contribution in [0.5, 0.6) is 0 Å². The van der Waals surface area contributed by atoms with E-state index in [0.29, 0.717) is 38.0 Å². The molecule has 1 aromatic carbocycles. The SMILES string of the molecule is Cc1cncc(CC(=O)N2CCC(C#Cc3cccc4c3CN(C3CCC(=O)NC3=O)C4=O)CC2)c1. The summed E-state index contributed by atoms with van der Waals surface area (Å²) in [6, 6.07) is 6.84. The predicted molar refractivity (Wildman–Crippen MR) is 131 cm³/mol.